The molecule has 4 aliphatic rings. The Kier molecular flexibility index (Phi) is 6.75. The second kappa shape index (κ2) is 9.07. The van der Waals surface area contributed by atoms with Gasteiger partial charge in [0.15, 0.2) is 22.2 Å². The highest BCUT2D eigenvalue weighted by atomic mass is 32.2. The van der Waals surface area contributed by atoms with Gasteiger partial charge in [-0.3, -0.25) is 10.3 Å². The molecule has 0 radical (unpaired) electrons. The minimum Gasteiger partial charge on any atom is -0.480 e. The molecule has 2 saturated carbocycles. The Hall–Kier alpha value is -2.48. The summed E-state index contributed by atoms with van der Waals surface area (Å²) in [6.07, 6.45) is -6.71. The number of hydrogen-bond donors (Lipinski definition) is 1. The van der Waals surface area contributed by atoms with E-state index in [0.29, 0.717) is 12.3 Å². The van der Waals surface area contributed by atoms with Crippen LogP contribution < -0.4 is 10.2 Å². The summed E-state index contributed by atoms with van der Waals surface area (Å²) in [7, 11) is -3.76. The summed E-state index contributed by atoms with van der Waals surface area (Å²) in [6, 6.07) is 3.12. The highest BCUT2D eigenvalue weighted by molar-refractivity contribution is 7.90. The molecule has 1 aromatic rings. The van der Waals surface area contributed by atoms with Crippen LogP contribution in [0.2, 0.25) is 0 Å². The molecule has 1 saturated heterocycles. The maximum Gasteiger partial charge on any atom is 0.425 e. The number of nitrogens with zero attached hydrogens (tertiary/aromatic N) is 2. The zero-order valence-electron chi connectivity index (χ0n) is 20.6. The van der Waals surface area contributed by atoms with Gasteiger partial charge in [0.2, 0.25) is 0 Å². The van der Waals surface area contributed by atoms with Gasteiger partial charge in [0.25, 0.3) is 11.8 Å². The van der Waals surface area contributed by atoms with Crippen LogP contribution in [-0.4, -0.2) is 68.8 Å². The van der Waals surface area contributed by atoms with E-state index < -0.39 is 57.3 Å². The first-order valence-corrected chi connectivity index (χ1v) is 13.8. The molecule has 206 valence electrons. The van der Waals surface area contributed by atoms with E-state index in [4.69, 9.17) is 9.57 Å². The van der Waals surface area contributed by atoms with Gasteiger partial charge in [-0.05, 0) is 37.5 Å². The SMILES string of the molecule is CC.C[C@H](Oc1ccc(S(C)(=O)=O)cc1C(=O)N1CC2CC2(C2=NC(C3CC3(F)F)ON2)C1)C(F)(F)F. The van der Waals surface area contributed by atoms with Crippen molar-refractivity contribution in [1.29, 1.82) is 0 Å². The van der Waals surface area contributed by atoms with Crippen molar-refractivity contribution in [2.45, 2.75) is 62.9 Å². The van der Waals surface area contributed by atoms with Crippen LogP contribution in [0.15, 0.2) is 28.1 Å². The van der Waals surface area contributed by atoms with E-state index in [1.807, 2.05) is 13.8 Å². The predicted molar refractivity (Wildman–Crippen MR) is 122 cm³/mol. The lowest BCUT2D eigenvalue weighted by molar-refractivity contribution is -0.189. The number of ether oxygens (including phenoxy) is 1. The lowest BCUT2D eigenvalue weighted by Gasteiger charge is -2.24. The monoisotopic (exact) mass is 553 g/mol. The van der Waals surface area contributed by atoms with Gasteiger partial charge in [0, 0.05) is 25.8 Å². The van der Waals surface area contributed by atoms with Crippen molar-refractivity contribution in [1.82, 2.24) is 10.4 Å². The van der Waals surface area contributed by atoms with Gasteiger partial charge in [0.1, 0.15) is 11.6 Å². The molecule has 5 atom stereocenters. The molecular weight excluding hydrogens is 525 g/mol. The molecule has 8 nitrogen and oxygen atoms in total. The standard InChI is InChI=1S/C21H22F5N3O5S.C2H6/c1-10(21(24,25)26)33-15-4-3-12(35(2,31)32)5-13(15)17(30)29-8-11-6-19(11,9-29)18-27-16(34-28-18)14-7-20(14,22)23;1-2/h3-5,10-11,14,16H,6-9H2,1-2H3,(H,27,28);1-2H3/t10-,11?,14?,16?,19?;/m0./s1. The maximum absolute atomic E-state index is 13.4. The summed E-state index contributed by atoms with van der Waals surface area (Å²) in [4.78, 5) is 24.0. The van der Waals surface area contributed by atoms with Crippen LogP contribution >= 0.6 is 0 Å². The number of piperidine rings is 1. The Labute approximate surface area is 211 Å². The number of carbonyl (C=O) groups is 1. The molecule has 5 rings (SSSR count). The summed E-state index contributed by atoms with van der Waals surface area (Å²) in [5.74, 6) is -4.59. The van der Waals surface area contributed by atoms with E-state index in [-0.39, 0.29) is 35.9 Å². The highest BCUT2D eigenvalue weighted by Crippen LogP contribution is 2.60. The molecule has 37 heavy (non-hydrogen) atoms. The molecule has 4 unspecified atom stereocenters. The lowest BCUT2D eigenvalue weighted by Crippen LogP contribution is -2.37. The molecule has 1 N–H and O–H groups in total. The molecule has 1 amide bonds. The fraction of sp³-hybridized carbons (Fsp3) is 0.652. The van der Waals surface area contributed by atoms with E-state index >= 15 is 0 Å². The van der Waals surface area contributed by atoms with Gasteiger partial charge in [-0.25, -0.2) is 27.0 Å². The van der Waals surface area contributed by atoms with Crippen molar-refractivity contribution >= 4 is 21.6 Å². The summed E-state index contributed by atoms with van der Waals surface area (Å²) < 4.78 is 94.9. The fourth-order valence-electron chi connectivity index (χ4n) is 4.68. The topological polar surface area (TPSA) is 97.3 Å². The van der Waals surface area contributed by atoms with E-state index in [1.54, 1.807) is 0 Å². The molecular formula is C23H28F5N3O5S. The largest absolute Gasteiger partial charge is 0.480 e. The second-order valence-electron chi connectivity index (χ2n) is 9.63. The van der Waals surface area contributed by atoms with Crippen LogP contribution in [0.5, 0.6) is 5.75 Å². The number of sulfone groups is 1. The Morgan fingerprint density at radius 1 is 1.27 bits per heavy atom. The van der Waals surface area contributed by atoms with Gasteiger partial charge in [-0.1, -0.05) is 13.8 Å². The summed E-state index contributed by atoms with van der Waals surface area (Å²) in [6.45, 7) is 5.14. The Morgan fingerprint density at radius 2 is 1.92 bits per heavy atom. The predicted octanol–water partition coefficient (Wildman–Crippen LogP) is 3.82. The molecule has 0 spiro atoms. The van der Waals surface area contributed by atoms with Crippen molar-refractivity contribution in [3.63, 3.8) is 0 Å². The number of aliphatic imine (C=N–C) groups is 1. The first kappa shape index (κ1) is 27.6. The number of likely N-dealkylation sites (tertiary alicyclic amines) is 1. The Morgan fingerprint density at radius 3 is 2.49 bits per heavy atom. The number of benzene rings is 1. The van der Waals surface area contributed by atoms with Crippen LogP contribution in [0.1, 0.15) is 44.0 Å². The number of alkyl halides is 5. The first-order chi connectivity index (χ1) is 17.1. The van der Waals surface area contributed by atoms with Gasteiger partial charge in [-0.2, -0.15) is 13.2 Å². The molecule has 2 aliphatic heterocycles. The fourth-order valence-corrected chi connectivity index (χ4v) is 5.33. The molecule has 1 aromatic carbocycles. The first-order valence-electron chi connectivity index (χ1n) is 11.9. The Bertz CT molecular complexity index is 1220. The van der Waals surface area contributed by atoms with Gasteiger partial charge >= 0.3 is 6.18 Å². The number of nitrogens with one attached hydrogen (secondary N) is 1. The van der Waals surface area contributed by atoms with Crippen LogP contribution in [0.3, 0.4) is 0 Å². The van der Waals surface area contributed by atoms with Crippen LogP contribution in [-0.2, 0) is 14.7 Å². The number of carbonyl (C=O) groups excluding carboxylic acids is 1. The maximum atomic E-state index is 13.4. The Balaban J connectivity index is 0.00000156. The third-order valence-corrected chi connectivity index (χ3v) is 8.14. The number of rotatable bonds is 6. The average Bonchev–Trinajstić information content (AvgIpc) is 3.50. The smallest absolute Gasteiger partial charge is 0.425 e. The number of hydroxylamine groups is 1. The number of amides is 1. The van der Waals surface area contributed by atoms with Crippen molar-refractivity contribution in [2.24, 2.45) is 22.2 Å². The van der Waals surface area contributed by atoms with Crippen LogP contribution in [0.25, 0.3) is 0 Å². The average molecular weight is 554 g/mol. The zero-order chi connectivity index (χ0) is 27.6. The highest BCUT2D eigenvalue weighted by Gasteiger charge is 2.67. The van der Waals surface area contributed by atoms with Crippen LogP contribution in [0.4, 0.5) is 22.0 Å². The number of amidine groups is 1. The number of fused-ring (bicyclic) bond motifs is 1. The minimum atomic E-state index is -4.70. The van der Waals surface area contributed by atoms with E-state index in [9.17, 15) is 35.2 Å². The summed E-state index contributed by atoms with van der Waals surface area (Å²) in [5, 5.41) is 0. The van der Waals surface area contributed by atoms with Crippen molar-refractivity contribution in [3.05, 3.63) is 23.8 Å². The summed E-state index contributed by atoms with van der Waals surface area (Å²) >= 11 is 0. The third-order valence-electron chi connectivity index (χ3n) is 7.03. The van der Waals surface area contributed by atoms with E-state index in [2.05, 4.69) is 10.5 Å². The summed E-state index contributed by atoms with van der Waals surface area (Å²) in [5.41, 5.74) is 1.69. The second-order valence-corrected chi connectivity index (χ2v) is 11.7. The quantitative estimate of drug-likeness (QED) is 0.538. The molecule has 14 heteroatoms. The number of hydrogen-bond acceptors (Lipinski definition) is 7. The van der Waals surface area contributed by atoms with Gasteiger partial charge in [-0.15, -0.1) is 0 Å². The molecule has 0 bridgehead atoms. The van der Waals surface area contributed by atoms with Crippen LogP contribution in [0, 0.1) is 17.3 Å². The van der Waals surface area contributed by atoms with E-state index in [1.165, 1.54) is 4.90 Å². The molecule has 0 aromatic heterocycles. The zero-order valence-corrected chi connectivity index (χ0v) is 21.4. The third kappa shape index (κ3) is 5.14. The normalized spacial score (nSPS) is 30.4. The van der Waals surface area contributed by atoms with Gasteiger partial charge < -0.3 is 9.64 Å². The van der Waals surface area contributed by atoms with E-state index in [0.717, 1.165) is 31.4 Å². The minimum absolute atomic E-state index is 0.0451. The number of halogens is 5. The van der Waals surface area contributed by atoms with Crippen molar-refractivity contribution < 1.29 is 44.7 Å². The lowest BCUT2D eigenvalue weighted by atomic mass is 10.1. The molecule has 2 heterocycles. The van der Waals surface area contributed by atoms with Crippen molar-refractivity contribution in [3.8, 4) is 5.75 Å². The van der Waals surface area contributed by atoms with Crippen molar-refractivity contribution in [2.75, 3.05) is 19.3 Å². The molecule has 3 fully saturated rings. The van der Waals surface area contributed by atoms with Gasteiger partial charge in [0.05, 0.1) is 21.8 Å². The molecule has 2 aliphatic carbocycles.